The van der Waals surface area contributed by atoms with E-state index in [1.807, 2.05) is 13.0 Å². The quantitative estimate of drug-likeness (QED) is 0.525. The fraction of sp³-hybridized carbons (Fsp3) is 0.333. The van der Waals surface area contributed by atoms with E-state index in [0.29, 0.717) is 5.75 Å². The zero-order chi connectivity index (χ0) is 10.3. The van der Waals surface area contributed by atoms with E-state index in [0.717, 1.165) is 23.4 Å². The highest BCUT2D eigenvalue weighted by Gasteiger charge is 2.33. The van der Waals surface area contributed by atoms with E-state index in [1.165, 1.54) is 0 Å². The van der Waals surface area contributed by atoms with Crippen molar-refractivity contribution < 1.29 is 5.11 Å². The van der Waals surface area contributed by atoms with Crippen molar-refractivity contribution in [2.45, 2.75) is 19.3 Å². The molecular formula is C12H15NO. The minimum atomic E-state index is -0.0567. The molecule has 0 spiro atoms. The Morgan fingerprint density at radius 3 is 2.93 bits per heavy atom. The van der Waals surface area contributed by atoms with Crippen LogP contribution in [0.1, 0.15) is 18.1 Å². The second-order valence-electron chi connectivity index (χ2n) is 4.18. The van der Waals surface area contributed by atoms with Crippen LogP contribution in [0.2, 0.25) is 0 Å². The van der Waals surface area contributed by atoms with Gasteiger partial charge >= 0.3 is 0 Å². The lowest BCUT2D eigenvalue weighted by Gasteiger charge is -2.18. The van der Waals surface area contributed by atoms with Gasteiger partial charge in [-0.05, 0) is 24.1 Å². The average Bonchev–Trinajstić information content (AvgIpc) is 2.46. The molecule has 1 atom stereocenters. The summed E-state index contributed by atoms with van der Waals surface area (Å²) in [5.74, 6) is 0.338. The fourth-order valence-electron chi connectivity index (χ4n) is 1.95. The number of hydrogen-bond donors (Lipinski definition) is 2. The second-order valence-corrected chi connectivity index (χ2v) is 4.18. The minimum Gasteiger partial charge on any atom is -0.506 e. The molecule has 0 fully saturated rings. The number of aryl methyl sites for hydroxylation is 1. The first-order chi connectivity index (χ1) is 6.57. The Morgan fingerprint density at radius 1 is 1.57 bits per heavy atom. The van der Waals surface area contributed by atoms with Crippen LogP contribution in [0.5, 0.6) is 5.75 Å². The van der Waals surface area contributed by atoms with E-state index < -0.39 is 0 Å². The molecule has 1 aromatic carbocycles. The molecule has 0 aliphatic carbocycles. The fourth-order valence-corrected chi connectivity index (χ4v) is 1.95. The van der Waals surface area contributed by atoms with Crippen LogP contribution in [0.3, 0.4) is 0 Å². The lowest BCUT2D eigenvalue weighted by molar-refractivity contribution is 0.477. The van der Waals surface area contributed by atoms with Crippen LogP contribution in [0.4, 0.5) is 5.69 Å². The molecule has 0 aromatic heterocycles. The highest BCUT2D eigenvalue weighted by Crippen LogP contribution is 2.42. The van der Waals surface area contributed by atoms with Crippen LogP contribution in [-0.4, -0.2) is 11.7 Å². The van der Waals surface area contributed by atoms with Crippen molar-refractivity contribution in [3.05, 3.63) is 35.9 Å². The summed E-state index contributed by atoms with van der Waals surface area (Å²) in [6.07, 6.45) is 1.94. The largest absolute Gasteiger partial charge is 0.506 e. The number of fused-ring (bicyclic) bond motifs is 1. The van der Waals surface area contributed by atoms with E-state index in [9.17, 15) is 5.11 Å². The second kappa shape index (κ2) is 2.77. The number of benzene rings is 1. The number of anilines is 1. The summed E-state index contributed by atoms with van der Waals surface area (Å²) in [6.45, 7) is 8.77. The molecule has 1 unspecified atom stereocenters. The lowest BCUT2D eigenvalue weighted by Crippen LogP contribution is -2.20. The number of rotatable bonds is 1. The monoisotopic (exact) mass is 189 g/mol. The van der Waals surface area contributed by atoms with Crippen molar-refractivity contribution in [1.82, 2.24) is 0 Å². The van der Waals surface area contributed by atoms with E-state index >= 15 is 0 Å². The maximum atomic E-state index is 9.74. The van der Waals surface area contributed by atoms with Gasteiger partial charge in [-0.1, -0.05) is 19.1 Å². The summed E-state index contributed by atoms with van der Waals surface area (Å²) in [5, 5.41) is 13.0. The lowest BCUT2D eigenvalue weighted by atomic mass is 9.84. The SMILES string of the molecule is C=CC1(C)CNc2c(O)cc(C)cc21. The van der Waals surface area contributed by atoms with E-state index in [4.69, 9.17) is 0 Å². The van der Waals surface area contributed by atoms with E-state index in [-0.39, 0.29) is 5.41 Å². The first-order valence-electron chi connectivity index (χ1n) is 4.78. The van der Waals surface area contributed by atoms with Crippen LogP contribution in [-0.2, 0) is 5.41 Å². The number of hydrogen-bond acceptors (Lipinski definition) is 2. The molecule has 0 bridgehead atoms. The summed E-state index contributed by atoms with van der Waals surface area (Å²) in [5.41, 5.74) is 3.03. The molecule has 2 N–H and O–H groups in total. The molecule has 74 valence electrons. The molecule has 0 saturated carbocycles. The molecule has 2 rings (SSSR count). The zero-order valence-electron chi connectivity index (χ0n) is 8.59. The summed E-state index contributed by atoms with van der Waals surface area (Å²) in [7, 11) is 0. The number of phenols is 1. The van der Waals surface area contributed by atoms with Crippen molar-refractivity contribution in [1.29, 1.82) is 0 Å². The number of aromatic hydroxyl groups is 1. The Labute approximate surface area is 84.3 Å². The molecule has 0 saturated heterocycles. The van der Waals surface area contributed by atoms with Gasteiger partial charge < -0.3 is 10.4 Å². The molecule has 1 heterocycles. The van der Waals surface area contributed by atoms with Gasteiger partial charge in [0.25, 0.3) is 0 Å². The highest BCUT2D eigenvalue weighted by atomic mass is 16.3. The maximum Gasteiger partial charge on any atom is 0.139 e. The Hall–Kier alpha value is -1.44. The third-order valence-corrected chi connectivity index (χ3v) is 2.96. The highest BCUT2D eigenvalue weighted by molar-refractivity contribution is 5.70. The molecular weight excluding hydrogens is 174 g/mol. The van der Waals surface area contributed by atoms with Gasteiger partial charge in [0.15, 0.2) is 0 Å². The number of phenolic OH excluding ortho intramolecular Hbond substituents is 1. The smallest absolute Gasteiger partial charge is 0.139 e. The van der Waals surface area contributed by atoms with Gasteiger partial charge in [0, 0.05) is 12.0 Å². The summed E-state index contributed by atoms with van der Waals surface area (Å²) < 4.78 is 0. The van der Waals surface area contributed by atoms with Crippen molar-refractivity contribution in [2.75, 3.05) is 11.9 Å². The van der Waals surface area contributed by atoms with Crippen molar-refractivity contribution >= 4 is 5.69 Å². The molecule has 2 nitrogen and oxygen atoms in total. The standard InChI is InChI=1S/C12H15NO/c1-4-12(3)7-13-11-9(12)5-8(2)6-10(11)14/h4-6,13-14H,1,7H2,2-3H3. The van der Waals surface area contributed by atoms with Crippen LogP contribution >= 0.6 is 0 Å². The molecule has 2 heteroatoms. The molecule has 1 aliphatic heterocycles. The van der Waals surface area contributed by atoms with E-state index in [2.05, 4.69) is 24.9 Å². The maximum absolute atomic E-state index is 9.74. The average molecular weight is 189 g/mol. The normalized spacial score (nSPS) is 24.1. The van der Waals surface area contributed by atoms with Gasteiger partial charge in [-0.25, -0.2) is 0 Å². The van der Waals surface area contributed by atoms with E-state index in [1.54, 1.807) is 6.07 Å². The van der Waals surface area contributed by atoms with Crippen molar-refractivity contribution in [3.8, 4) is 5.75 Å². The van der Waals surface area contributed by atoms with Crippen molar-refractivity contribution in [2.24, 2.45) is 0 Å². The Kier molecular flexibility index (Phi) is 1.81. The van der Waals surface area contributed by atoms with Gasteiger partial charge in [0.1, 0.15) is 5.75 Å². The summed E-state index contributed by atoms with van der Waals surface area (Å²) >= 11 is 0. The first-order valence-corrected chi connectivity index (χ1v) is 4.78. The van der Waals surface area contributed by atoms with Crippen LogP contribution < -0.4 is 5.32 Å². The van der Waals surface area contributed by atoms with Gasteiger partial charge in [-0.15, -0.1) is 6.58 Å². The van der Waals surface area contributed by atoms with Gasteiger partial charge in [0.2, 0.25) is 0 Å². The van der Waals surface area contributed by atoms with Gasteiger partial charge in [0.05, 0.1) is 5.69 Å². The number of nitrogens with one attached hydrogen (secondary N) is 1. The van der Waals surface area contributed by atoms with Crippen LogP contribution in [0.25, 0.3) is 0 Å². The summed E-state index contributed by atoms with van der Waals surface area (Å²) in [6, 6.07) is 3.89. The predicted octanol–water partition coefficient (Wildman–Crippen LogP) is 2.57. The Balaban J connectivity index is 2.65. The Bertz CT molecular complexity index is 398. The zero-order valence-corrected chi connectivity index (χ0v) is 8.59. The molecule has 0 radical (unpaired) electrons. The van der Waals surface area contributed by atoms with Crippen LogP contribution in [0.15, 0.2) is 24.8 Å². The molecule has 14 heavy (non-hydrogen) atoms. The topological polar surface area (TPSA) is 32.3 Å². The summed E-state index contributed by atoms with van der Waals surface area (Å²) in [4.78, 5) is 0. The molecule has 1 aromatic rings. The molecule has 1 aliphatic rings. The minimum absolute atomic E-state index is 0.0567. The predicted molar refractivity (Wildman–Crippen MR) is 58.9 cm³/mol. The van der Waals surface area contributed by atoms with Gasteiger partial charge in [-0.3, -0.25) is 0 Å². The molecule has 0 amide bonds. The Morgan fingerprint density at radius 2 is 2.29 bits per heavy atom. The van der Waals surface area contributed by atoms with Gasteiger partial charge in [-0.2, -0.15) is 0 Å². The van der Waals surface area contributed by atoms with Crippen LogP contribution in [0, 0.1) is 6.92 Å². The first kappa shape index (κ1) is 9.13. The third kappa shape index (κ3) is 1.10. The third-order valence-electron chi connectivity index (χ3n) is 2.96. The van der Waals surface area contributed by atoms with Crippen molar-refractivity contribution in [3.63, 3.8) is 0 Å².